The highest BCUT2D eigenvalue weighted by Crippen LogP contribution is 2.42. The van der Waals surface area contributed by atoms with E-state index in [0.29, 0.717) is 18.0 Å². The van der Waals surface area contributed by atoms with Crippen LogP contribution < -0.4 is 0 Å². The van der Waals surface area contributed by atoms with E-state index >= 15 is 0 Å². The summed E-state index contributed by atoms with van der Waals surface area (Å²) < 4.78 is 1.82. The van der Waals surface area contributed by atoms with Gasteiger partial charge in [0.2, 0.25) is 0 Å². The largest absolute Gasteiger partial charge is 0.507 e. The Bertz CT molecular complexity index is 1240. The van der Waals surface area contributed by atoms with Crippen molar-refractivity contribution in [1.82, 2.24) is 14.5 Å². The average molecular weight is 467 g/mol. The summed E-state index contributed by atoms with van der Waals surface area (Å²) in [6.07, 6.45) is 5.51. The molecule has 33 heavy (non-hydrogen) atoms. The number of nitrogens with zero attached hydrogens (tertiary/aromatic N) is 4. The Morgan fingerprint density at radius 2 is 1.85 bits per heavy atom. The number of aryl methyl sites for hydroxylation is 1. The highest BCUT2D eigenvalue weighted by molar-refractivity contribution is 6.46. The number of Topliss-reactive ketones (excluding diaryl/α,β-unsaturated/α-hetero) is 1. The van der Waals surface area contributed by atoms with Gasteiger partial charge in [-0.25, -0.2) is 4.98 Å². The number of nitro benzene ring substituents is 1. The highest BCUT2D eigenvalue weighted by atomic mass is 35.5. The number of carbonyl (C=O) groups excluding carboxylic acids is 2. The van der Waals surface area contributed by atoms with Gasteiger partial charge in [-0.3, -0.25) is 19.7 Å². The van der Waals surface area contributed by atoms with E-state index in [1.54, 1.807) is 24.8 Å². The van der Waals surface area contributed by atoms with Crippen molar-refractivity contribution in [2.45, 2.75) is 19.0 Å². The minimum Gasteiger partial charge on any atom is -0.507 e. The Labute approximate surface area is 193 Å². The number of hydrogen-bond acceptors (Lipinski definition) is 6. The molecule has 1 aliphatic rings. The van der Waals surface area contributed by atoms with Crippen molar-refractivity contribution in [3.8, 4) is 0 Å². The van der Waals surface area contributed by atoms with Gasteiger partial charge in [0, 0.05) is 42.1 Å². The molecule has 0 aliphatic carbocycles. The summed E-state index contributed by atoms with van der Waals surface area (Å²) in [4.78, 5) is 42.4. The average Bonchev–Trinajstić information content (AvgIpc) is 3.41. The second kappa shape index (κ2) is 9.25. The zero-order chi connectivity index (χ0) is 23.5. The maximum Gasteiger partial charge on any atom is 0.295 e. The molecule has 10 heteroatoms. The number of imidazole rings is 1. The molecule has 0 radical (unpaired) electrons. The van der Waals surface area contributed by atoms with Gasteiger partial charge in [0.25, 0.3) is 17.4 Å². The lowest BCUT2D eigenvalue weighted by molar-refractivity contribution is -0.385. The van der Waals surface area contributed by atoms with E-state index in [1.165, 1.54) is 47.4 Å². The number of aliphatic hydroxyl groups excluding tert-OH is 1. The van der Waals surface area contributed by atoms with Gasteiger partial charge in [0.1, 0.15) is 5.76 Å². The number of carbonyl (C=O) groups is 2. The summed E-state index contributed by atoms with van der Waals surface area (Å²) in [7, 11) is 0. The summed E-state index contributed by atoms with van der Waals surface area (Å²) >= 11 is 5.92. The van der Waals surface area contributed by atoms with Crippen LogP contribution in [0.25, 0.3) is 5.76 Å². The number of benzene rings is 2. The van der Waals surface area contributed by atoms with E-state index in [9.17, 15) is 24.8 Å². The van der Waals surface area contributed by atoms with Gasteiger partial charge < -0.3 is 14.6 Å². The Hall–Kier alpha value is -3.98. The van der Waals surface area contributed by atoms with E-state index in [2.05, 4.69) is 4.98 Å². The number of nitro groups is 1. The van der Waals surface area contributed by atoms with Gasteiger partial charge in [-0.1, -0.05) is 23.7 Å². The molecule has 2 aromatic carbocycles. The Balaban J connectivity index is 1.80. The number of hydrogen-bond donors (Lipinski definition) is 1. The van der Waals surface area contributed by atoms with Gasteiger partial charge in [-0.2, -0.15) is 0 Å². The maximum atomic E-state index is 13.0. The van der Waals surface area contributed by atoms with Crippen molar-refractivity contribution in [2.24, 2.45) is 0 Å². The molecule has 9 nitrogen and oxygen atoms in total. The van der Waals surface area contributed by atoms with Crippen LogP contribution in [-0.2, 0) is 16.1 Å². The predicted molar refractivity (Wildman–Crippen MR) is 120 cm³/mol. The van der Waals surface area contributed by atoms with Gasteiger partial charge in [0.05, 0.1) is 28.4 Å². The fourth-order valence-electron chi connectivity index (χ4n) is 3.92. The summed E-state index contributed by atoms with van der Waals surface area (Å²) in [5.41, 5.74) is -0.00971. The number of likely N-dealkylation sites (tertiary alicyclic amines) is 1. The van der Waals surface area contributed by atoms with Crippen LogP contribution in [0, 0.1) is 10.1 Å². The summed E-state index contributed by atoms with van der Waals surface area (Å²) in [6.45, 7) is 0.681. The van der Waals surface area contributed by atoms with E-state index < -0.39 is 28.4 Å². The van der Waals surface area contributed by atoms with Crippen LogP contribution in [0.15, 0.2) is 72.8 Å². The third-order valence-corrected chi connectivity index (χ3v) is 5.71. The van der Waals surface area contributed by atoms with Crippen molar-refractivity contribution < 1.29 is 19.6 Å². The van der Waals surface area contributed by atoms with Gasteiger partial charge in [0.15, 0.2) is 0 Å². The minimum absolute atomic E-state index is 0.150. The zero-order valence-electron chi connectivity index (χ0n) is 17.3. The van der Waals surface area contributed by atoms with Crippen LogP contribution >= 0.6 is 11.6 Å². The van der Waals surface area contributed by atoms with Crippen LogP contribution in [0.2, 0.25) is 5.02 Å². The first-order valence-electron chi connectivity index (χ1n) is 10.1. The molecule has 1 atom stereocenters. The van der Waals surface area contributed by atoms with Crippen molar-refractivity contribution in [3.05, 3.63) is 99.1 Å². The van der Waals surface area contributed by atoms with Crippen molar-refractivity contribution >= 4 is 34.7 Å². The molecule has 1 amide bonds. The molecule has 0 spiro atoms. The number of para-hydroxylation sites is 1. The molecule has 1 saturated heterocycles. The number of halogens is 1. The third-order valence-electron chi connectivity index (χ3n) is 5.46. The van der Waals surface area contributed by atoms with Crippen LogP contribution in [0.3, 0.4) is 0 Å². The molecular formula is C23H19ClN4O5. The molecule has 1 aliphatic heterocycles. The number of rotatable bonds is 7. The van der Waals surface area contributed by atoms with E-state index in [1.807, 2.05) is 4.57 Å². The maximum absolute atomic E-state index is 13.0. The predicted octanol–water partition coefficient (Wildman–Crippen LogP) is 3.96. The standard InChI is InChI=1S/C23H19ClN4O5/c24-16-8-6-15(7-9-16)21(29)19-20(17-4-1-2-5-18(17)28(32)33)27(23(31)22(19)30)12-3-11-26-13-10-25-14-26/h1-2,4-10,13-14,20,29H,3,11-12H2/t20-/m1/s1. The van der Waals surface area contributed by atoms with Gasteiger partial charge in [-0.15, -0.1) is 0 Å². The van der Waals surface area contributed by atoms with Crippen molar-refractivity contribution in [3.63, 3.8) is 0 Å². The van der Waals surface area contributed by atoms with Crippen LogP contribution in [0.4, 0.5) is 5.69 Å². The SMILES string of the molecule is O=C1C(=O)N(CCCn2ccnc2)[C@H](c2ccccc2[N+](=O)[O-])C1=C(O)c1ccc(Cl)cc1. The van der Waals surface area contributed by atoms with E-state index in [0.717, 1.165) is 0 Å². The molecule has 1 fully saturated rings. The molecule has 1 aromatic heterocycles. The van der Waals surface area contributed by atoms with Crippen molar-refractivity contribution in [2.75, 3.05) is 6.54 Å². The molecule has 0 unspecified atom stereocenters. The van der Waals surface area contributed by atoms with Gasteiger partial charge in [-0.05, 0) is 36.8 Å². The first-order chi connectivity index (χ1) is 15.9. The molecule has 0 bridgehead atoms. The monoisotopic (exact) mass is 466 g/mol. The minimum atomic E-state index is -1.11. The highest BCUT2D eigenvalue weighted by Gasteiger charge is 2.47. The Kier molecular flexibility index (Phi) is 6.23. The fourth-order valence-corrected chi connectivity index (χ4v) is 4.05. The number of ketones is 1. The quantitative estimate of drug-likeness (QED) is 0.185. The second-order valence-corrected chi connectivity index (χ2v) is 7.91. The molecule has 4 rings (SSSR count). The smallest absolute Gasteiger partial charge is 0.295 e. The third kappa shape index (κ3) is 4.35. The molecule has 0 saturated carbocycles. The van der Waals surface area contributed by atoms with Gasteiger partial charge >= 0.3 is 0 Å². The van der Waals surface area contributed by atoms with Crippen LogP contribution in [0.5, 0.6) is 0 Å². The normalized spacial score (nSPS) is 17.5. The van der Waals surface area contributed by atoms with Crippen molar-refractivity contribution in [1.29, 1.82) is 0 Å². The fraction of sp³-hybridized carbons (Fsp3) is 0.174. The Morgan fingerprint density at radius 3 is 2.52 bits per heavy atom. The lowest BCUT2D eigenvalue weighted by atomic mass is 9.94. The Morgan fingerprint density at radius 1 is 1.12 bits per heavy atom. The second-order valence-electron chi connectivity index (χ2n) is 7.47. The first-order valence-corrected chi connectivity index (χ1v) is 10.5. The summed E-state index contributed by atoms with van der Waals surface area (Å²) in [6, 6.07) is 10.9. The van der Waals surface area contributed by atoms with E-state index in [4.69, 9.17) is 11.6 Å². The summed E-state index contributed by atoms with van der Waals surface area (Å²) in [5, 5.41) is 23.2. The molecular weight excluding hydrogens is 448 g/mol. The molecule has 1 N–H and O–H groups in total. The topological polar surface area (TPSA) is 119 Å². The lowest BCUT2D eigenvalue weighted by Gasteiger charge is -2.25. The lowest BCUT2D eigenvalue weighted by Crippen LogP contribution is -2.31. The van der Waals surface area contributed by atoms with Crippen LogP contribution in [0.1, 0.15) is 23.6 Å². The molecule has 2 heterocycles. The zero-order valence-corrected chi connectivity index (χ0v) is 18.1. The number of aromatic nitrogens is 2. The first kappa shape index (κ1) is 22.2. The molecule has 3 aromatic rings. The number of aliphatic hydroxyl groups is 1. The van der Waals surface area contributed by atoms with Crippen LogP contribution in [-0.4, -0.2) is 42.7 Å². The summed E-state index contributed by atoms with van der Waals surface area (Å²) in [5.74, 6) is -2.13. The van der Waals surface area contributed by atoms with E-state index in [-0.39, 0.29) is 28.9 Å². The molecule has 168 valence electrons. The number of amides is 1.